The Hall–Kier alpha value is -1.51. The van der Waals surface area contributed by atoms with Crippen molar-refractivity contribution < 1.29 is 47.5 Å². The summed E-state index contributed by atoms with van der Waals surface area (Å²) >= 11 is 0. The summed E-state index contributed by atoms with van der Waals surface area (Å²) in [4.78, 5) is 37.7. The largest absolute Gasteiger partial charge is 0.508 e. The Balaban J connectivity index is 0.994. The second-order valence-electron chi connectivity index (χ2n) is 14.4. The lowest BCUT2D eigenvalue weighted by atomic mass is 9.52. The number of nitrogens with one attached hydrogen (secondary N) is 1. The van der Waals surface area contributed by atoms with E-state index in [2.05, 4.69) is 26.1 Å². The molecule has 1 N–H and O–H groups in total. The number of fused-ring (bicyclic) bond motifs is 1. The molecule has 264 valence electrons. The van der Waals surface area contributed by atoms with Crippen molar-refractivity contribution in [3.63, 3.8) is 0 Å². The van der Waals surface area contributed by atoms with Gasteiger partial charge in [0.15, 0.2) is 23.6 Å². The van der Waals surface area contributed by atoms with Crippen LogP contribution in [0.2, 0.25) is 0 Å². The monoisotopic (exact) mass is 697 g/mol. The van der Waals surface area contributed by atoms with Gasteiger partial charge in [-0.3, -0.25) is 4.79 Å². The molecular formula is C34H51NO10S2. The predicted octanol–water partition coefficient (Wildman–Crippen LogP) is 5.34. The average Bonchev–Trinajstić information content (AvgIpc) is 3.89. The first-order valence-corrected chi connectivity index (χ1v) is 19.8. The number of hydrogen-bond donors (Lipinski definition) is 1. The Labute approximate surface area is 286 Å². The molecule has 0 aromatic carbocycles. The molecule has 1 unspecified atom stereocenters. The average molecular weight is 698 g/mol. The van der Waals surface area contributed by atoms with Gasteiger partial charge in [-0.1, -0.05) is 55.7 Å². The number of carbonyl (C=O) groups excluding carboxylic acids is 3. The molecule has 5 heterocycles. The smallest absolute Gasteiger partial charge is 0.458 e. The zero-order valence-corrected chi connectivity index (χ0v) is 30.0. The third kappa shape index (κ3) is 6.35. The molecular weight excluding hydrogens is 647 g/mol. The predicted molar refractivity (Wildman–Crippen MR) is 177 cm³/mol. The fourth-order valence-corrected chi connectivity index (χ4v) is 11.7. The van der Waals surface area contributed by atoms with Crippen LogP contribution in [0.5, 0.6) is 0 Å². The molecule has 0 radical (unpaired) electrons. The molecule has 4 saturated heterocycles. The minimum Gasteiger partial charge on any atom is -0.458 e. The van der Waals surface area contributed by atoms with E-state index in [4.69, 9.17) is 33.2 Å². The fourth-order valence-electron chi connectivity index (χ4n) is 8.62. The number of amides is 1. The van der Waals surface area contributed by atoms with Crippen LogP contribution in [-0.2, 0) is 42.7 Å². The second kappa shape index (κ2) is 14.0. The molecule has 0 bridgehead atoms. The summed E-state index contributed by atoms with van der Waals surface area (Å²) in [6.45, 7) is 12.0. The molecule has 5 aliphatic heterocycles. The summed E-state index contributed by atoms with van der Waals surface area (Å²) in [6, 6.07) is 0. The van der Waals surface area contributed by atoms with Crippen molar-refractivity contribution in [1.29, 1.82) is 0 Å². The van der Waals surface area contributed by atoms with Crippen LogP contribution < -0.4 is 5.32 Å². The van der Waals surface area contributed by atoms with Crippen molar-refractivity contribution in [1.82, 2.24) is 5.32 Å². The first-order valence-electron chi connectivity index (χ1n) is 17.4. The van der Waals surface area contributed by atoms with E-state index in [1.54, 1.807) is 0 Å². The maximum atomic E-state index is 13.1. The summed E-state index contributed by atoms with van der Waals surface area (Å²) in [5.41, 5.74) is -1.25. The van der Waals surface area contributed by atoms with Crippen LogP contribution in [0.25, 0.3) is 0 Å². The lowest BCUT2D eigenvalue weighted by Gasteiger charge is -2.58. The van der Waals surface area contributed by atoms with Gasteiger partial charge >= 0.3 is 12.1 Å². The highest BCUT2D eigenvalue weighted by molar-refractivity contribution is 8.77. The van der Waals surface area contributed by atoms with Gasteiger partial charge in [-0.15, -0.1) is 0 Å². The number of ether oxygens (including phenoxy) is 7. The molecule has 0 aromatic rings. The first kappa shape index (κ1) is 35.3. The van der Waals surface area contributed by atoms with Gasteiger partial charge in [0.2, 0.25) is 5.91 Å². The first-order chi connectivity index (χ1) is 22.5. The molecule has 1 spiro atoms. The van der Waals surface area contributed by atoms with Gasteiger partial charge in [0, 0.05) is 35.0 Å². The van der Waals surface area contributed by atoms with Crippen LogP contribution in [0.3, 0.4) is 0 Å². The molecule has 13 heteroatoms. The summed E-state index contributed by atoms with van der Waals surface area (Å²) in [5.74, 6) is 1.08. The van der Waals surface area contributed by atoms with E-state index in [0.717, 1.165) is 35.7 Å². The second-order valence-corrected chi connectivity index (χ2v) is 17.2. The highest BCUT2D eigenvalue weighted by Crippen LogP contribution is 2.70. The van der Waals surface area contributed by atoms with Gasteiger partial charge in [-0.25, -0.2) is 9.59 Å². The van der Waals surface area contributed by atoms with Gasteiger partial charge < -0.3 is 38.5 Å². The van der Waals surface area contributed by atoms with Crippen molar-refractivity contribution in [2.75, 3.05) is 45.3 Å². The molecule has 1 aliphatic carbocycles. The number of hydrogen-bond acceptors (Lipinski definition) is 12. The zero-order valence-electron chi connectivity index (χ0n) is 28.4. The van der Waals surface area contributed by atoms with E-state index in [1.165, 1.54) is 18.6 Å². The summed E-state index contributed by atoms with van der Waals surface area (Å²) in [7, 11) is 3.93. The molecule has 0 saturated carbocycles. The molecule has 4 fully saturated rings. The van der Waals surface area contributed by atoms with Gasteiger partial charge in [0.05, 0.1) is 19.8 Å². The van der Waals surface area contributed by atoms with Crippen LogP contribution in [0.4, 0.5) is 4.79 Å². The van der Waals surface area contributed by atoms with Crippen LogP contribution in [-0.4, -0.2) is 97.8 Å². The van der Waals surface area contributed by atoms with E-state index >= 15 is 0 Å². The number of carbonyl (C=O) groups is 3. The lowest BCUT2D eigenvalue weighted by molar-refractivity contribution is -0.247. The summed E-state index contributed by atoms with van der Waals surface area (Å²) in [6.07, 6.45) is 4.97. The highest BCUT2D eigenvalue weighted by Gasteiger charge is 2.87. The van der Waals surface area contributed by atoms with Crippen LogP contribution >= 0.6 is 21.6 Å². The standard InChI is InChI=1S/C34H51NO10S2/c1-6-25-24-19-41-27(37)23(24)11-13-31(25,4)32(5)33(20-42-33)28(34(21(2)3)29(44-32)45-34)43-30(38)40-17-16-39-15-14-35-26(36)10-8-7-9-22-12-18-46-47-22/h21-22,25,28-29H,6-20H2,1-5H3,(H,35,36)/t22?,25-,28-,29+,31-,32+,33+,34+/m0/s1. The molecule has 1 amide bonds. The normalized spacial score (nSPS) is 38.6. The number of cyclic esters (lactones) is 1. The molecule has 6 aliphatic rings. The molecule has 6 rings (SSSR count). The van der Waals surface area contributed by atoms with Crippen molar-refractivity contribution in [2.24, 2.45) is 17.3 Å². The quantitative estimate of drug-likeness (QED) is 0.102. The summed E-state index contributed by atoms with van der Waals surface area (Å²) in [5, 5.41) is 3.64. The van der Waals surface area contributed by atoms with E-state index in [0.29, 0.717) is 45.6 Å². The van der Waals surface area contributed by atoms with Crippen LogP contribution in [0.1, 0.15) is 86.0 Å². The minimum absolute atomic E-state index is 0.0120. The Kier molecular flexibility index (Phi) is 10.5. The number of unbranched alkanes of at least 4 members (excludes halogenated alkanes) is 1. The Morgan fingerprint density at radius 1 is 1.13 bits per heavy atom. The topological polar surface area (TPSA) is 134 Å². The minimum atomic E-state index is -0.934. The lowest BCUT2D eigenvalue weighted by Crippen LogP contribution is -2.71. The van der Waals surface area contributed by atoms with Crippen molar-refractivity contribution in [2.45, 2.75) is 120 Å². The third-order valence-electron chi connectivity index (χ3n) is 11.7. The van der Waals surface area contributed by atoms with Gasteiger partial charge in [-0.05, 0) is 62.9 Å². The number of rotatable bonds is 15. The number of epoxide rings is 2. The number of esters is 1. The van der Waals surface area contributed by atoms with Crippen molar-refractivity contribution in [3.8, 4) is 0 Å². The maximum absolute atomic E-state index is 13.1. The molecule has 47 heavy (non-hydrogen) atoms. The molecule has 0 aromatic heterocycles. The van der Waals surface area contributed by atoms with E-state index < -0.39 is 40.8 Å². The van der Waals surface area contributed by atoms with E-state index in [1.807, 2.05) is 35.4 Å². The Morgan fingerprint density at radius 2 is 1.94 bits per heavy atom. The Morgan fingerprint density at radius 3 is 2.64 bits per heavy atom. The molecule has 8 atom stereocenters. The van der Waals surface area contributed by atoms with Crippen molar-refractivity contribution in [3.05, 3.63) is 11.1 Å². The van der Waals surface area contributed by atoms with Gasteiger partial charge in [-0.2, -0.15) is 0 Å². The Bertz CT molecular complexity index is 1240. The fraction of sp³-hybridized carbons (Fsp3) is 0.853. The van der Waals surface area contributed by atoms with Crippen LogP contribution in [0.15, 0.2) is 11.1 Å². The third-order valence-corrected chi connectivity index (χ3v) is 14.7. The van der Waals surface area contributed by atoms with E-state index in [9.17, 15) is 14.4 Å². The van der Waals surface area contributed by atoms with Crippen molar-refractivity contribution >= 4 is 39.6 Å². The van der Waals surface area contributed by atoms with Crippen LogP contribution in [0, 0.1) is 17.3 Å². The van der Waals surface area contributed by atoms with Gasteiger partial charge in [0.25, 0.3) is 0 Å². The van der Waals surface area contributed by atoms with Gasteiger partial charge in [0.1, 0.15) is 18.8 Å². The SMILES string of the molecule is CC[C@H]1C2=C(CC[C@]1(C)[C@@]1(C)O[C@@H]3O[C@]3(C(C)C)[C@@H](OC(=O)OCCOCCNC(=O)CCCCC3CCSS3)[C@]13CO3)C(=O)OC2. The zero-order chi connectivity index (χ0) is 33.5. The maximum Gasteiger partial charge on any atom is 0.508 e. The molecule has 11 nitrogen and oxygen atoms in total. The highest BCUT2D eigenvalue weighted by atomic mass is 33.1. The van der Waals surface area contributed by atoms with E-state index in [-0.39, 0.29) is 36.9 Å². The summed E-state index contributed by atoms with van der Waals surface area (Å²) < 4.78 is 42.1.